The maximum Gasteiger partial charge on any atom is 0.257 e. The third-order valence-electron chi connectivity index (χ3n) is 5.09. The fraction of sp³-hybridized carbons (Fsp3) is 0.286. The summed E-state index contributed by atoms with van der Waals surface area (Å²) in [6.45, 7) is 6.04. The number of nitrogens with one attached hydrogen (secondary N) is 2. The molecule has 0 bridgehead atoms. The van der Waals surface area contributed by atoms with Gasteiger partial charge in [0, 0.05) is 22.7 Å². The number of fused-ring (bicyclic) bond motifs is 3. The predicted molar refractivity (Wildman–Crippen MR) is 122 cm³/mol. The summed E-state index contributed by atoms with van der Waals surface area (Å²) in [5.74, 6) is -0.723. The molecule has 2 amide bonds. The molecule has 162 valence electrons. The van der Waals surface area contributed by atoms with Crippen molar-refractivity contribution in [3.63, 3.8) is 0 Å². The molecule has 2 aromatic carbocycles. The summed E-state index contributed by atoms with van der Waals surface area (Å²) in [5, 5.41) is 5.90. The van der Waals surface area contributed by atoms with Crippen LogP contribution in [0.1, 0.15) is 27.0 Å². The van der Waals surface area contributed by atoms with Gasteiger partial charge in [0.15, 0.2) is 5.17 Å². The maximum atomic E-state index is 12.6. The minimum atomic E-state index is -3.43. The first-order valence-corrected chi connectivity index (χ1v) is 12.1. The highest BCUT2D eigenvalue weighted by Gasteiger charge is 2.33. The average molecular weight is 459 g/mol. The molecule has 2 aliphatic rings. The zero-order valence-corrected chi connectivity index (χ0v) is 19.0. The molecule has 2 heterocycles. The van der Waals surface area contributed by atoms with Gasteiger partial charge in [-0.05, 0) is 61.9 Å². The highest BCUT2D eigenvalue weighted by molar-refractivity contribution is 8.15. The van der Waals surface area contributed by atoms with Crippen LogP contribution in [-0.4, -0.2) is 44.2 Å². The zero-order valence-electron chi connectivity index (χ0n) is 17.4. The predicted octanol–water partition coefficient (Wildman–Crippen LogP) is 2.59. The highest BCUT2D eigenvalue weighted by Crippen LogP contribution is 2.42. The number of thioether (sulfide) groups is 1. The number of anilines is 2. The number of carbonyl (C=O) groups is 2. The number of nitrogens with zero attached hydrogens (tertiary/aromatic N) is 2. The van der Waals surface area contributed by atoms with Crippen LogP contribution in [0.5, 0.6) is 0 Å². The second-order valence-corrected chi connectivity index (χ2v) is 10.4. The Labute approximate surface area is 185 Å². The molecule has 0 aromatic heterocycles. The summed E-state index contributed by atoms with van der Waals surface area (Å²) in [6, 6.07) is 9.11. The Bertz CT molecular complexity index is 1210. The largest absolute Gasteiger partial charge is 0.343 e. The number of rotatable bonds is 4. The number of hydrogen-bond donors (Lipinski definition) is 2. The Hall–Kier alpha value is -2.85. The first-order valence-electron chi connectivity index (χ1n) is 9.71. The molecule has 0 atom stereocenters. The van der Waals surface area contributed by atoms with Gasteiger partial charge in [0.05, 0.1) is 18.0 Å². The van der Waals surface area contributed by atoms with E-state index in [9.17, 15) is 18.0 Å². The van der Waals surface area contributed by atoms with Crippen LogP contribution in [0.4, 0.5) is 11.4 Å². The topological polar surface area (TPSA) is 108 Å². The molecular formula is C21H22N4O4S2. The molecule has 0 spiro atoms. The number of hydrogen-bond acceptors (Lipinski definition) is 6. The van der Waals surface area contributed by atoms with E-state index >= 15 is 0 Å². The number of amidine groups is 1. The maximum absolute atomic E-state index is 12.6. The summed E-state index contributed by atoms with van der Waals surface area (Å²) in [4.78, 5) is 27.5. The van der Waals surface area contributed by atoms with Crippen molar-refractivity contribution in [3.8, 4) is 0 Å². The lowest BCUT2D eigenvalue weighted by molar-refractivity contribution is -0.115. The van der Waals surface area contributed by atoms with Crippen LogP contribution in [0, 0.1) is 20.8 Å². The van der Waals surface area contributed by atoms with Crippen molar-refractivity contribution in [1.82, 2.24) is 5.32 Å². The molecule has 0 saturated heterocycles. The van der Waals surface area contributed by atoms with Crippen molar-refractivity contribution in [2.24, 2.45) is 4.40 Å². The molecule has 10 heteroatoms. The molecule has 2 aliphatic heterocycles. The van der Waals surface area contributed by atoms with Crippen molar-refractivity contribution in [2.75, 3.05) is 29.1 Å². The van der Waals surface area contributed by atoms with E-state index in [2.05, 4.69) is 15.0 Å². The Morgan fingerprint density at radius 1 is 1.13 bits per heavy atom. The lowest BCUT2D eigenvalue weighted by Gasteiger charge is -2.22. The van der Waals surface area contributed by atoms with Crippen molar-refractivity contribution in [1.29, 1.82) is 0 Å². The molecule has 2 N–H and O–H groups in total. The van der Waals surface area contributed by atoms with Crippen molar-refractivity contribution in [3.05, 3.63) is 52.6 Å². The molecule has 2 aromatic rings. The van der Waals surface area contributed by atoms with E-state index in [-0.39, 0.29) is 24.1 Å². The van der Waals surface area contributed by atoms with Gasteiger partial charge >= 0.3 is 0 Å². The molecule has 0 aliphatic carbocycles. The average Bonchev–Trinajstić information content (AvgIpc) is 3.04. The van der Waals surface area contributed by atoms with Crippen molar-refractivity contribution >= 4 is 50.1 Å². The Balaban J connectivity index is 1.41. The van der Waals surface area contributed by atoms with Gasteiger partial charge in [0.2, 0.25) is 5.91 Å². The molecule has 0 saturated carbocycles. The zero-order chi connectivity index (χ0) is 22.3. The third kappa shape index (κ3) is 4.45. The first-order chi connectivity index (χ1) is 14.6. The van der Waals surface area contributed by atoms with Gasteiger partial charge in [-0.2, -0.15) is 0 Å². The molecule has 0 radical (unpaired) electrons. The lowest BCUT2D eigenvalue weighted by Crippen LogP contribution is -2.35. The Morgan fingerprint density at radius 3 is 2.55 bits per heavy atom. The Morgan fingerprint density at radius 2 is 1.84 bits per heavy atom. The fourth-order valence-electron chi connectivity index (χ4n) is 3.70. The van der Waals surface area contributed by atoms with Gasteiger partial charge in [0.25, 0.3) is 15.9 Å². The second kappa shape index (κ2) is 8.01. The molecule has 8 nitrogen and oxygen atoms in total. The standard InChI is InChI=1S/C21H22N4O4S2/c1-12-8-13(2)19(14(3)9-12)23-18(26)11-22-20(27)15-4-5-16-17(10-15)30-21-24-31(28,29)7-6-25(16)21/h4-5,8-10H,6-7,11H2,1-3H3,(H,22,27)(H,23,26). The molecule has 0 unspecified atom stereocenters. The van der Waals surface area contributed by atoms with Crippen LogP contribution < -0.4 is 15.5 Å². The normalized spacial score (nSPS) is 16.2. The van der Waals surface area contributed by atoms with Crippen LogP contribution >= 0.6 is 11.8 Å². The van der Waals surface area contributed by atoms with Crippen LogP contribution in [0.25, 0.3) is 0 Å². The van der Waals surface area contributed by atoms with Gasteiger partial charge < -0.3 is 15.5 Å². The number of aryl methyl sites for hydroxylation is 3. The van der Waals surface area contributed by atoms with E-state index in [1.807, 2.05) is 37.8 Å². The summed E-state index contributed by atoms with van der Waals surface area (Å²) in [6.07, 6.45) is 0. The van der Waals surface area contributed by atoms with Crippen LogP contribution in [0.15, 0.2) is 39.6 Å². The molecule has 31 heavy (non-hydrogen) atoms. The van der Waals surface area contributed by atoms with E-state index in [0.717, 1.165) is 33.0 Å². The number of carbonyl (C=O) groups excluding carboxylic acids is 2. The van der Waals surface area contributed by atoms with E-state index < -0.39 is 10.0 Å². The fourth-order valence-corrected chi connectivity index (χ4v) is 5.99. The minimum absolute atomic E-state index is 0.0339. The molecular weight excluding hydrogens is 436 g/mol. The van der Waals surface area contributed by atoms with E-state index in [1.165, 1.54) is 11.8 Å². The van der Waals surface area contributed by atoms with E-state index in [0.29, 0.717) is 17.3 Å². The van der Waals surface area contributed by atoms with Crippen LogP contribution in [0.2, 0.25) is 0 Å². The van der Waals surface area contributed by atoms with Gasteiger partial charge in [-0.3, -0.25) is 9.59 Å². The minimum Gasteiger partial charge on any atom is -0.343 e. The van der Waals surface area contributed by atoms with Gasteiger partial charge in [0.1, 0.15) is 0 Å². The van der Waals surface area contributed by atoms with Gasteiger partial charge in [-0.15, -0.1) is 4.40 Å². The summed E-state index contributed by atoms with van der Waals surface area (Å²) in [5.41, 5.74) is 5.04. The summed E-state index contributed by atoms with van der Waals surface area (Å²) >= 11 is 1.22. The third-order valence-corrected chi connectivity index (χ3v) is 7.39. The van der Waals surface area contributed by atoms with E-state index in [1.54, 1.807) is 18.2 Å². The van der Waals surface area contributed by atoms with Gasteiger partial charge in [-0.1, -0.05) is 17.7 Å². The second-order valence-electron chi connectivity index (χ2n) is 7.60. The number of amides is 2. The summed E-state index contributed by atoms with van der Waals surface area (Å²) < 4.78 is 27.3. The smallest absolute Gasteiger partial charge is 0.257 e. The van der Waals surface area contributed by atoms with Gasteiger partial charge in [-0.25, -0.2) is 8.42 Å². The summed E-state index contributed by atoms with van der Waals surface area (Å²) in [7, 11) is -3.43. The lowest BCUT2D eigenvalue weighted by atomic mass is 10.1. The number of sulfonamides is 1. The van der Waals surface area contributed by atoms with E-state index in [4.69, 9.17) is 0 Å². The van der Waals surface area contributed by atoms with Crippen LogP contribution in [0.3, 0.4) is 0 Å². The molecule has 4 rings (SSSR count). The van der Waals surface area contributed by atoms with Crippen LogP contribution in [-0.2, 0) is 14.8 Å². The monoisotopic (exact) mass is 458 g/mol. The quantitative estimate of drug-likeness (QED) is 0.729. The molecule has 0 fully saturated rings. The van der Waals surface area contributed by atoms with Crippen molar-refractivity contribution < 1.29 is 18.0 Å². The SMILES string of the molecule is Cc1cc(C)c(NC(=O)CNC(=O)c2ccc3c(c2)SC2=NS(=O)(=O)CCN23)c(C)c1. The Kier molecular flexibility index (Phi) is 5.52. The highest BCUT2D eigenvalue weighted by atomic mass is 32.2. The number of benzene rings is 2. The van der Waals surface area contributed by atoms with Crippen molar-refractivity contribution in [2.45, 2.75) is 25.7 Å². The first kappa shape index (κ1) is 21.4.